The first-order valence-electron chi connectivity index (χ1n) is 9.04. The van der Waals surface area contributed by atoms with Gasteiger partial charge in [-0.25, -0.2) is 4.98 Å². The molecule has 0 atom stereocenters. The molecule has 0 fully saturated rings. The number of rotatable bonds is 3. The minimum absolute atomic E-state index is 0.223. The fraction of sp³-hybridized carbons (Fsp3) is 0.143. The van der Waals surface area contributed by atoms with E-state index in [1.807, 2.05) is 30.3 Å². The van der Waals surface area contributed by atoms with E-state index in [2.05, 4.69) is 10.3 Å². The van der Waals surface area contributed by atoms with Gasteiger partial charge in [-0.15, -0.1) is 22.7 Å². The van der Waals surface area contributed by atoms with Gasteiger partial charge in [0.15, 0.2) is 11.5 Å². The molecule has 1 aliphatic heterocycles. The Morgan fingerprint density at radius 1 is 1.03 bits per heavy atom. The fourth-order valence-electron chi connectivity index (χ4n) is 3.02. The van der Waals surface area contributed by atoms with Gasteiger partial charge in [0, 0.05) is 18.6 Å². The molecule has 0 spiro atoms. The standard InChI is InChI=1S/C21H15ClN2O3S2/c22-12-10-15-16(27-9-3-8-26-15)11-14(12)23-20(25)18-6-7-19(28-18)21-24-13-4-1-2-5-17(13)29-21/h1-2,4-7,10-11H,3,8-9H2,(H,23,25). The molecule has 29 heavy (non-hydrogen) atoms. The Balaban J connectivity index is 1.38. The lowest BCUT2D eigenvalue weighted by molar-refractivity contribution is 0.103. The van der Waals surface area contributed by atoms with Gasteiger partial charge in [0.25, 0.3) is 5.91 Å². The number of hydrogen-bond donors (Lipinski definition) is 1. The molecule has 146 valence electrons. The number of thiazole rings is 1. The number of ether oxygens (including phenoxy) is 2. The molecular weight excluding hydrogens is 428 g/mol. The zero-order chi connectivity index (χ0) is 19.8. The Kier molecular flexibility index (Phi) is 4.87. The minimum atomic E-state index is -0.223. The number of nitrogens with zero attached hydrogens (tertiary/aromatic N) is 1. The molecule has 5 nitrogen and oxygen atoms in total. The molecule has 0 saturated carbocycles. The maximum atomic E-state index is 12.8. The Morgan fingerprint density at radius 2 is 1.83 bits per heavy atom. The number of thiophene rings is 1. The van der Waals surface area contributed by atoms with E-state index in [9.17, 15) is 4.79 Å². The molecule has 0 radical (unpaired) electrons. The third kappa shape index (κ3) is 3.69. The largest absolute Gasteiger partial charge is 0.490 e. The number of benzene rings is 2. The lowest BCUT2D eigenvalue weighted by Gasteiger charge is -2.12. The van der Waals surface area contributed by atoms with Gasteiger partial charge >= 0.3 is 0 Å². The Labute approximate surface area is 179 Å². The van der Waals surface area contributed by atoms with Gasteiger partial charge in [0.1, 0.15) is 5.01 Å². The molecule has 0 bridgehead atoms. The van der Waals surface area contributed by atoms with Gasteiger partial charge in [-0.3, -0.25) is 4.79 Å². The molecule has 2 aromatic heterocycles. The van der Waals surface area contributed by atoms with Gasteiger partial charge in [-0.2, -0.15) is 0 Å². The van der Waals surface area contributed by atoms with E-state index >= 15 is 0 Å². The summed E-state index contributed by atoms with van der Waals surface area (Å²) in [5.74, 6) is 0.960. The van der Waals surface area contributed by atoms with Crippen molar-refractivity contribution in [2.24, 2.45) is 0 Å². The van der Waals surface area contributed by atoms with Crippen molar-refractivity contribution in [3.05, 3.63) is 58.4 Å². The van der Waals surface area contributed by atoms with Crippen LogP contribution in [0.5, 0.6) is 11.5 Å². The fourth-order valence-corrected chi connectivity index (χ4v) is 5.14. The maximum Gasteiger partial charge on any atom is 0.265 e. The molecule has 3 heterocycles. The summed E-state index contributed by atoms with van der Waals surface area (Å²) in [5.41, 5.74) is 1.46. The topological polar surface area (TPSA) is 60.5 Å². The number of anilines is 1. The summed E-state index contributed by atoms with van der Waals surface area (Å²) in [7, 11) is 0. The molecule has 0 aliphatic carbocycles. The molecule has 2 aromatic carbocycles. The molecule has 5 rings (SSSR count). The third-order valence-electron chi connectivity index (χ3n) is 4.42. The van der Waals surface area contributed by atoms with Gasteiger partial charge in [-0.05, 0) is 24.3 Å². The van der Waals surface area contributed by atoms with Crippen molar-refractivity contribution in [3.8, 4) is 21.4 Å². The maximum absolute atomic E-state index is 12.8. The number of amides is 1. The summed E-state index contributed by atoms with van der Waals surface area (Å²) >= 11 is 9.36. The lowest BCUT2D eigenvalue weighted by atomic mass is 10.2. The molecule has 0 saturated heterocycles. The van der Waals surface area contributed by atoms with Crippen LogP contribution in [0.3, 0.4) is 0 Å². The van der Waals surface area contributed by atoms with Crippen LogP contribution >= 0.6 is 34.3 Å². The lowest BCUT2D eigenvalue weighted by Crippen LogP contribution is -2.10. The number of para-hydroxylation sites is 1. The van der Waals surface area contributed by atoms with Crippen molar-refractivity contribution in [1.82, 2.24) is 4.98 Å². The van der Waals surface area contributed by atoms with Crippen LogP contribution in [0, 0.1) is 0 Å². The summed E-state index contributed by atoms with van der Waals surface area (Å²) < 4.78 is 12.4. The van der Waals surface area contributed by atoms with Gasteiger partial charge in [0.05, 0.1) is 43.9 Å². The Morgan fingerprint density at radius 3 is 2.66 bits per heavy atom. The van der Waals surface area contributed by atoms with Crippen LogP contribution in [0.15, 0.2) is 48.5 Å². The first-order chi connectivity index (χ1) is 14.2. The van der Waals surface area contributed by atoms with Crippen LogP contribution in [0.25, 0.3) is 20.1 Å². The minimum Gasteiger partial charge on any atom is -0.490 e. The number of fused-ring (bicyclic) bond motifs is 2. The van der Waals surface area contributed by atoms with E-state index in [1.165, 1.54) is 11.3 Å². The molecule has 1 aliphatic rings. The van der Waals surface area contributed by atoms with Crippen LogP contribution in [-0.2, 0) is 0 Å². The highest BCUT2D eigenvalue weighted by atomic mass is 35.5. The molecular formula is C21H15ClN2O3S2. The number of nitrogens with one attached hydrogen (secondary N) is 1. The number of carbonyl (C=O) groups is 1. The van der Waals surface area contributed by atoms with Crippen molar-refractivity contribution < 1.29 is 14.3 Å². The average molecular weight is 443 g/mol. The van der Waals surface area contributed by atoms with Crippen LogP contribution in [0.2, 0.25) is 5.02 Å². The number of aromatic nitrogens is 1. The predicted molar refractivity (Wildman–Crippen MR) is 118 cm³/mol. The second kappa shape index (κ2) is 7.67. The molecule has 1 N–H and O–H groups in total. The second-order valence-electron chi connectivity index (χ2n) is 6.43. The third-order valence-corrected chi connectivity index (χ3v) is 7.02. The van der Waals surface area contributed by atoms with E-state index in [1.54, 1.807) is 29.5 Å². The van der Waals surface area contributed by atoms with Crippen LogP contribution in [-0.4, -0.2) is 24.1 Å². The quantitative estimate of drug-likeness (QED) is 0.417. The molecule has 0 unspecified atom stereocenters. The monoisotopic (exact) mass is 442 g/mol. The van der Waals surface area contributed by atoms with Gasteiger partial charge in [-0.1, -0.05) is 23.7 Å². The van der Waals surface area contributed by atoms with Crippen molar-refractivity contribution in [2.45, 2.75) is 6.42 Å². The van der Waals surface area contributed by atoms with Crippen LogP contribution in [0.4, 0.5) is 5.69 Å². The summed E-state index contributed by atoms with van der Waals surface area (Å²) in [4.78, 5) is 19.0. The van der Waals surface area contributed by atoms with Crippen LogP contribution < -0.4 is 14.8 Å². The summed E-state index contributed by atoms with van der Waals surface area (Å²) in [6.07, 6.45) is 0.803. The van der Waals surface area contributed by atoms with Gasteiger partial charge < -0.3 is 14.8 Å². The first kappa shape index (κ1) is 18.4. The van der Waals surface area contributed by atoms with Crippen molar-refractivity contribution in [3.63, 3.8) is 0 Å². The molecule has 1 amide bonds. The summed E-state index contributed by atoms with van der Waals surface area (Å²) in [5, 5.41) is 4.19. The second-order valence-corrected chi connectivity index (χ2v) is 8.96. The zero-order valence-corrected chi connectivity index (χ0v) is 17.5. The molecule has 8 heteroatoms. The SMILES string of the molecule is O=C(Nc1cc2c(cc1Cl)OCCCO2)c1ccc(-c2nc3ccccc3s2)s1. The van der Waals surface area contributed by atoms with E-state index in [0.717, 1.165) is 26.5 Å². The molecule has 4 aromatic rings. The van der Waals surface area contributed by atoms with Crippen molar-refractivity contribution in [1.29, 1.82) is 0 Å². The van der Waals surface area contributed by atoms with Crippen LogP contribution in [0.1, 0.15) is 16.1 Å². The summed E-state index contributed by atoms with van der Waals surface area (Å²) in [6.45, 7) is 1.15. The number of halogens is 1. The zero-order valence-electron chi connectivity index (χ0n) is 15.1. The van der Waals surface area contributed by atoms with Crippen molar-refractivity contribution >= 4 is 56.1 Å². The summed E-state index contributed by atoms with van der Waals surface area (Å²) in [6, 6.07) is 15.1. The predicted octanol–water partition coefficient (Wildman–Crippen LogP) is 6.09. The van der Waals surface area contributed by atoms with Crippen molar-refractivity contribution in [2.75, 3.05) is 18.5 Å². The highest BCUT2D eigenvalue weighted by Gasteiger charge is 2.18. The highest BCUT2D eigenvalue weighted by Crippen LogP contribution is 2.39. The van der Waals surface area contributed by atoms with E-state index < -0.39 is 0 Å². The van der Waals surface area contributed by atoms with E-state index in [0.29, 0.717) is 40.3 Å². The van der Waals surface area contributed by atoms with E-state index in [4.69, 9.17) is 21.1 Å². The number of carbonyl (C=O) groups excluding carboxylic acids is 1. The first-order valence-corrected chi connectivity index (χ1v) is 11.0. The highest BCUT2D eigenvalue weighted by molar-refractivity contribution is 7.26. The Hall–Kier alpha value is -2.61. The number of hydrogen-bond acceptors (Lipinski definition) is 6. The normalized spacial score (nSPS) is 13.3. The van der Waals surface area contributed by atoms with Gasteiger partial charge in [0.2, 0.25) is 0 Å². The average Bonchev–Trinajstić information content (AvgIpc) is 3.31. The van der Waals surface area contributed by atoms with E-state index in [-0.39, 0.29) is 5.91 Å². The smallest absolute Gasteiger partial charge is 0.265 e. The Bertz CT molecular complexity index is 1180.